The number of carbonyl (C=O) groups excluding carboxylic acids is 1. The quantitative estimate of drug-likeness (QED) is 0.863. The molecule has 0 aliphatic carbocycles. The Balaban J connectivity index is 0.00000289. The summed E-state index contributed by atoms with van der Waals surface area (Å²) in [7, 11) is 0. The molecule has 0 heterocycles. The van der Waals surface area contributed by atoms with E-state index in [1.54, 1.807) is 0 Å². The molecule has 0 bridgehead atoms. The maximum absolute atomic E-state index is 11.9. The third-order valence-electron chi connectivity index (χ3n) is 2.73. The van der Waals surface area contributed by atoms with Crippen molar-refractivity contribution in [2.45, 2.75) is 40.2 Å². The fourth-order valence-corrected chi connectivity index (χ4v) is 1.65. The van der Waals surface area contributed by atoms with Crippen LogP contribution in [0.2, 0.25) is 0 Å². The molecule has 102 valence electrons. The maximum atomic E-state index is 11.9. The lowest BCUT2D eigenvalue weighted by Crippen LogP contribution is -2.38. The van der Waals surface area contributed by atoms with E-state index in [0.29, 0.717) is 0 Å². The molecule has 0 radical (unpaired) electrons. The van der Waals surface area contributed by atoms with Gasteiger partial charge in [0.1, 0.15) is 0 Å². The summed E-state index contributed by atoms with van der Waals surface area (Å²) < 4.78 is 0. The summed E-state index contributed by atoms with van der Waals surface area (Å²) in [6.45, 7) is 8.88. The van der Waals surface area contributed by atoms with E-state index in [0.717, 1.165) is 24.2 Å². The zero-order chi connectivity index (χ0) is 12.8. The Labute approximate surface area is 116 Å². The van der Waals surface area contributed by atoms with Gasteiger partial charge in [0.25, 0.3) is 0 Å². The molecule has 0 aliphatic heterocycles. The highest BCUT2D eigenvalue weighted by molar-refractivity contribution is 5.95. The van der Waals surface area contributed by atoms with Gasteiger partial charge in [0.15, 0.2) is 0 Å². The fourth-order valence-electron chi connectivity index (χ4n) is 1.65. The van der Waals surface area contributed by atoms with Crippen molar-refractivity contribution < 1.29 is 4.79 Å². The number of rotatable bonds is 5. The molecular weight excluding hydrogens is 248 g/mol. The van der Waals surface area contributed by atoms with Crippen molar-refractivity contribution >= 4 is 24.0 Å². The van der Waals surface area contributed by atoms with Crippen LogP contribution in [0.3, 0.4) is 0 Å². The van der Waals surface area contributed by atoms with Crippen LogP contribution in [0.5, 0.6) is 0 Å². The highest BCUT2D eigenvalue weighted by Gasteiger charge is 2.12. The van der Waals surface area contributed by atoms with E-state index >= 15 is 0 Å². The molecule has 0 saturated heterocycles. The molecule has 1 amide bonds. The van der Waals surface area contributed by atoms with Crippen molar-refractivity contribution in [2.75, 3.05) is 11.9 Å². The zero-order valence-corrected chi connectivity index (χ0v) is 12.4. The Bertz CT molecular complexity index is 393. The number of amides is 1. The largest absolute Gasteiger partial charge is 0.324 e. The van der Waals surface area contributed by atoms with Crippen LogP contribution >= 0.6 is 12.4 Å². The van der Waals surface area contributed by atoms with Crippen LogP contribution in [-0.4, -0.2) is 18.5 Å². The van der Waals surface area contributed by atoms with Gasteiger partial charge in [-0.25, -0.2) is 0 Å². The molecular formula is C14H23ClN2O. The van der Waals surface area contributed by atoms with E-state index in [-0.39, 0.29) is 24.4 Å². The van der Waals surface area contributed by atoms with Gasteiger partial charge in [-0.1, -0.05) is 24.6 Å². The van der Waals surface area contributed by atoms with E-state index in [2.05, 4.69) is 23.6 Å². The van der Waals surface area contributed by atoms with Crippen molar-refractivity contribution in [3.63, 3.8) is 0 Å². The normalized spacial score (nSPS) is 11.6. The lowest BCUT2D eigenvalue weighted by atomic mass is 10.1. The fraction of sp³-hybridized carbons (Fsp3) is 0.500. The number of anilines is 1. The molecule has 18 heavy (non-hydrogen) atoms. The van der Waals surface area contributed by atoms with Gasteiger partial charge < -0.3 is 10.6 Å². The van der Waals surface area contributed by atoms with Crippen LogP contribution < -0.4 is 10.6 Å². The predicted octanol–water partition coefficient (Wildman–Crippen LogP) is 3.05. The molecule has 1 atom stereocenters. The first-order valence-corrected chi connectivity index (χ1v) is 6.16. The van der Waals surface area contributed by atoms with Crippen LogP contribution in [0.25, 0.3) is 0 Å². The van der Waals surface area contributed by atoms with E-state index in [1.165, 1.54) is 5.56 Å². The van der Waals surface area contributed by atoms with Crippen molar-refractivity contribution in [3.8, 4) is 0 Å². The van der Waals surface area contributed by atoms with E-state index < -0.39 is 0 Å². The smallest absolute Gasteiger partial charge is 0.241 e. The van der Waals surface area contributed by atoms with Gasteiger partial charge in [-0.05, 0) is 45.4 Å². The van der Waals surface area contributed by atoms with Crippen molar-refractivity contribution in [2.24, 2.45) is 0 Å². The zero-order valence-electron chi connectivity index (χ0n) is 11.5. The van der Waals surface area contributed by atoms with Gasteiger partial charge in [0.05, 0.1) is 6.04 Å². The summed E-state index contributed by atoms with van der Waals surface area (Å²) >= 11 is 0. The van der Waals surface area contributed by atoms with Crippen molar-refractivity contribution in [1.29, 1.82) is 0 Å². The lowest BCUT2D eigenvalue weighted by molar-refractivity contribution is -0.117. The van der Waals surface area contributed by atoms with Crippen LogP contribution in [0, 0.1) is 13.8 Å². The summed E-state index contributed by atoms with van der Waals surface area (Å²) in [6, 6.07) is 5.87. The minimum absolute atomic E-state index is 0. The third kappa shape index (κ3) is 5.07. The summed E-state index contributed by atoms with van der Waals surface area (Å²) in [5.74, 6) is 0.0189. The number of halogens is 1. The molecule has 1 aromatic rings. The lowest BCUT2D eigenvalue weighted by Gasteiger charge is -2.15. The number of carbonyl (C=O) groups is 1. The van der Waals surface area contributed by atoms with E-state index in [9.17, 15) is 4.79 Å². The number of hydrogen-bond donors (Lipinski definition) is 2. The van der Waals surface area contributed by atoms with Gasteiger partial charge in [0, 0.05) is 5.69 Å². The second kappa shape index (κ2) is 8.11. The monoisotopic (exact) mass is 270 g/mol. The minimum atomic E-state index is -0.157. The van der Waals surface area contributed by atoms with Crippen LogP contribution in [0.1, 0.15) is 31.4 Å². The maximum Gasteiger partial charge on any atom is 0.241 e. The summed E-state index contributed by atoms with van der Waals surface area (Å²) in [4.78, 5) is 11.9. The Morgan fingerprint density at radius 1 is 1.33 bits per heavy atom. The molecule has 1 rings (SSSR count). The van der Waals surface area contributed by atoms with Gasteiger partial charge in [-0.3, -0.25) is 4.79 Å². The molecule has 0 aromatic heterocycles. The van der Waals surface area contributed by atoms with E-state index in [1.807, 2.05) is 32.9 Å². The average Bonchev–Trinajstić information content (AvgIpc) is 2.29. The molecule has 0 spiro atoms. The highest BCUT2D eigenvalue weighted by atomic mass is 35.5. The van der Waals surface area contributed by atoms with Crippen molar-refractivity contribution in [1.82, 2.24) is 5.32 Å². The number of nitrogens with one attached hydrogen (secondary N) is 2. The van der Waals surface area contributed by atoms with Crippen LogP contribution in [0.4, 0.5) is 5.69 Å². The number of aryl methyl sites for hydroxylation is 2. The third-order valence-corrected chi connectivity index (χ3v) is 2.73. The summed E-state index contributed by atoms with van der Waals surface area (Å²) in [6.07, 6.45) is 1.03. The molecule has 4 heteroatoms. The number of hydrogen-bond acceptors (Lipinski definition) is 2. The SMILES string of the molecule is CCCNC(C)C(=O)Nc1ccc(C)cc1C.Cl. The first-order valence-electron chi connectivity index (χ1n) is 6.16. The first kappa shape index (κ1) is 16.9. The average molecular weight is 271 g/mol. The van der Waals surface area contributed by atoms with Gasteiger partial charge >= 0.3 is 0 Å². The molecule has 3 nitrogen and oxygen atoms in total. The topological polar surface area (TPSA) is 41.1 Å². The Hall–Kier alpha value is -1.06. The predicted molar refractivity (Wildman–Crippen MR) is 79.5 cm³/mol. The standard InChI is InChI=1S/C14H22N2O.ClH/c1-5-8-15-12(4)14(17)16-13-7-6-10(2)9-11(13)3;/h6-7,9,12,15H,5,8H2,1-4H3,(H,16,17);1H. The molecule has 0 fully saturated rings. The molecule has 2 N–H and O–H groups in total. The second-order valence-electron chi connectivity index (χ2n) is 4.48. The van der Waals surface area contributed by atoms with Crippen molar-refractivity contribution in [3.05, 3.63) is 29.3 Å². The van der Waals surface area contributed by atoms with Crippen LogP contribution in [-0.2, 0) is 4.79 Å². The first-order chi connectivity index (χ1) is 8.04. The molecule has 1 aromatic carbocycles. The Morgan fingerprint density at radius 3 is 2.56 bits per heavy atom. The molecule has 0 saturated carbocycles. The van der Waals surface area contributed by atoms with E-state index in [4.69, 9.17) is 0 Å². The van der Waals surface area contributed by atoms with Crippen LogP contribution in [0.15, 0.2) is 18.2 Å². The minimum Gasteiger partial charge on any atom is -0.324 e. The Morgan fingerprint density at radius 2 is 2.00 bits per heavy atom. The molecule has 1 unspecified atom stereocenters. The molecule has 0 aliphatic rings. The summed E-state index contributed by atoms with van der Waals surface area (Å²) in [5, 5.41) is 6.12. The number of benzene rings is 1. The van der Waals surface area contributed by atoms with Gasteiger partial charge in [-0.15, -0.1) is 12.4 Å². The Kier molecular flexibility index (Phi) is 7.64. The second-order valence-corrected chi connectivity index (χ2v) is 4.48. The highest BCUT2D eigenvalue weighted by Crippen LogP contribution is 2.16. The van der Waals surface area contributed by atoms with Gasteiger partial charge in [0.2, 0.25) is 5.91 Å². The van der Waals surface area contributed by atoms with Gasteiger partial charge in [-0.2, -0.15) is 0 Å². The summed E-state index contributed by atoms with van der Waals surface area (Å²) in [5.41, 5.74) is 3.20.